The Hall–Kier alpha value is -0.0800. The number of hydrogen-bond acceptors (Lipinski definition) is 1. The molecule has 1 fully saturated rings. The van der Waals surface area contributed by atoms with Crippen molar-refractivity contribution in [3.8, 4) is 0 Å². The Morgan fingerprint density at radius 2 is 1.91 bits per heavy atom. The van der Waals surface area contributed by atoms with E-state index in [9.17, 15) is 5.11 Å². The fourth-order valence-corrected chi connectivity index (χ4v) is 1.93. The van der Waals surface area contributed by atoms with Crippen LogP contribution in [0, 0.1) is 5.92 Å². The Balaban J connectivity index is 2.37. The van der Waals surface area contributed by atoms with E-state index < -0.39 is 0 Å². The lowest BCUT2D eigenvalue weighted by molar-refractivity contribution is -0.874. The van der Waals surface area contributed by atoms with Crippen LogP contribution in [0.2, 0.25) is 0 Å². The maximum Gasteiger partial charge on any atom is 0.0834 e. The molecule has 66 valence electrons. The Morgan fingerprint density at radius 3 is 2.27 bits per heavy atom. The Bertz CT molecular complexity index is 128. The number of rotatable bonds is 2. The molecule has 1 saturated carbocycles. The zero-order chi connectivity index (χ0) is 8.48. The molecule has 0 spiro atoms. The standard InChI is InChI=1S/C9H20NO/c1-10(2,3)7-8-5-4-6-9(8)11/h8-9,11H,4-7H2,1-3H3/q+1/t8-,9+/m1/s1. The molecule has 0 aromatic heterocycles. The molecule has 1 aliphatic rings. The molecule has 0 unspecified atom stereocenters. The van der Waals surface area contributed by atoms with Crippen LogP contribution < -0.4 is 0 Å². The second-order valence-electron chi connectivity index (χ2n) is 4.73. The van der Waals surface area contributed by atoms with Gasteiger partial charge < -0.3 is 9.59 Å². The van der Waals surface area contributed by atoms with Gasteiger partial charge in [-0.1, -0.05) is 6.42 Å². The third-order valence-electron chi connectivity index (χ3n) is 2.40. The molecule has 0 bridgehead atoms. The number of aliphatic hydroxyl groups excluding tert-OH is 1. The number of aliphatic hydroxyl groups is 1. The topological polar surface area (TPSA) is 20.2 Å². The minimum absolute atomic E-state index is 0.0210. The summed E-state index contributed by atoms with van der Waals surface area (Å²) in [6.07, 6.45) is 3.43. The van der Waals surface area contributed by atoms with Gasteiger partial charge in [0.1, 0.15) is 0 Å². The highest BCUT2D eigenvalue weighted by Crippen LogP contribution is 2.26. The monoisotopic (exact) mass is 158 g/mol. The van der Waals surface area contributed by atoms with E-state index in [4.69, 9.17) is 0 Å². The van der Waals surface area contributed by atoms with Gasteiger partial charge in [0.25, 0.3) is 0 Å². The molecular weight excluding hydrogens is 138 g/mol. The summed E-state index contributed by atoms with van der Waals surface area (Å²) in [6.45, 7) is 1.11. The molecule has 1 rings (SSSR count). The van der Waals surface area contributed by atoms with Crippen LogP contribution in [0.1, 0.15) is 19.3 Å². The fraction of sp³-hybridized carbons (Fsp3) is 1.00. The van der Waals surface area contributed by atoms with Crippen LogP contribution in [0.3, 0.4) is 0 Å². The second-order valence-corrected chi connectivity index (χ2v) is 4.73. The highest BCUT2D eigenvalue weighted by molar-refractivity contribution is 4.75. The van der Waals surface area contributed by atoms with Crippen molar-refractivity contribution in [2.45, 2.75) is 25.4 Å². The van der Waals surface area contributed by atoms with Crippen LogP contribution in [-0.2, 0) is 0 Å². The molecule has 1 N–H and O–H groups in total. The van der Waals surface area contributed by atoms with Crippen molar-refractivity contribution in [3.63, 3.8) is 0 Å². The highest BCUT2D eigenvalue weighted by atomic mass is 16.3. The van der Waals surface area contributed by atoms with Crippen LogP contribution >= 0.6 is 0 Å². The van der Waals surface area contributed by atoms with E-state index in [0.29, 0.717) is 5.92 Å². The molecule has 2 heteroatoms. The number of quaternary nitrogens is 1. The molecular formula is C9H20NO+. The minimum atomic E-state index is -0.0210. The SMILES string of the molecule is C[N+](C)(C)C[C@H]1CCC[C@@H]1O. The third kappa shape index (κ3) is 2.80. The molecule has 1 aliphatic carbocycles. The van der Waals surface area contributed by atoms with Gasteiger partial charge in [-0.05, 0) is 12.8 Å². The van der Waals surface area contributed by atoms with Crippen LogP contribution in [0.15, 0.2) is 0 Å². The van der Waals surface area contributed by atoms with E-state index in [0.717, 1.165) is 17.4 Å². The Labute approximate surface area is 69.4 Å². The van der Waals surface area contributed by atoms with Crippen molar-refractivity contribution in [1.29, 1.82) is 0 Å². The van der Waals surface area contributed by atoms with Gasteiger partial charge in [-0.15, -0.1) is 0 Å². The lowest BCUT2D eigenvalue weighted by Crippen LogP contribution is -2.41. The van der Waals surface area contributed by atoms with Gasteiger partial charge in [-0.2, -0.15) is 0 Å². The zero-order valence-corrected chi connectivity index (χ0v) is 7.88. The van der Waals surface area contributed by atoms with Crippen LogP contribution in [0.5, 0.6) is 0 Å². The van der Waals surface area contributed by atoms with Crippen molar-refractivity contribution < 1.29 is 9.59 Å². The summed E-state index contributed by atoms with van der Waals surface area (Å²) in [4.78, 5) is 0. The summed E-state index contributed by atoms with van der Waals surface area (Å²) in [6, 6.07) is 0. The molecule has 0 saturated heterocycles. The van der Waals surface area contributed by atoms with Gasteiger partial charge in [-0.3, -0.25) is 0 Å². The molecule has 0 aromatic rings. The van der Waals surface area contributed by atoms with E-state index in [1.165, 1.54) is 12.8 Å². The summed E-state index contributed by atoms with van der Waals surface area (Å²) in [7, 11) is 6.56. The average molecular weight is 158 g/mol. The normalized spacial score (nSPS) is 32.7. The predicted octanol–water partition coefficient (Wildman–Crippen LogP) is 0.854. The first-order chi connectivity index (χ1) is 4.99. The summed E-state index contributed by atoms with van der Waals surface area (Å²) >= 11 is 0. The van der Waals surface area contributed by atoms with Crippen LogP contribution in [0.4, 0.5) is 0 Å². The molecule has 0 aromatic carbocycles. The van der Waals surface area contributed by atoms with E-state index in [2.05, 4.69) is 21.1 Å². The second kappa shape index (κ2) is 3.11. The Kier molecular flexibility index (Phi) is 2.55. The summed E-state index contributed by atoms with van der Waals surface area (Å²) in [5.41, 5.74) is 0. The summed E-state index contributed by atoms with van der Waals surface area (Å²) in [5, 5.41) is 9.54. The molecule has 11 heavy (non-hydrogen) atoms. The average Bonchev–Trinajstić information content (AvgIpc) is 2.12. The van der Waals surface area contributed by atoms with Gasteiger partial charge >= 0.3 is 0 Å². The first-order valence-corrected chi connectivity index (χ1v) is 4.47. The van der Waals surface area contributed by atoms with Gasteiger partial charge in [0, 0.05) is 5.92 Å². The lowest BCUT2D eigenvalue weighted by atomic mass is 10.1. The smallest absolute Gasteiger partial charge is 0.0834 e. The quantitative estimate of drug-likeness (QED) is 0.591. The van der Waals surface area contributed by atoms with Gasteiger partial charge in [-0.25, -0.2) is 0 Å². The van der Waals surface area contributed by atoms with E-state index >= 15 is 0 Å². The summed E-state index contributed by atoms with van der Waals surface area (Å²) < 4.78 is 0.974. The van der Waals surface area contributed by atoms with Gasteiger partial charge in [0.05, 0.1) is 33.8 Å². The maximum atomic E-state index is 9.54. The van der Waals surface area contributed by atoms with Crippen LogP contribution in [-0.4, -0.2) is 43.4 Å². The molecule has 2 nitrogen and oxygen atoms in total. The number of hydrogen-bond donors (Lipinski definition) is 1. The van der Waals surface area contributed by atoms with Crippen molar-refractivity contribution in [2.24, 2.45) is 5.92 Å². The summed E-state index contributed by atoms with van der Waals surface area (Å²) in [5.74, 6) is 0.551. The van der Waals surface area contributed by atoms with E-state index in [1.807, 2.05) is 0 Å². The third-order valence-corrected chi connectivity index (χ3v) is 2.40. The van der Waals surface area contributed by atoms with Crippen molar-refractivity contribution in [3.05, 3.63) is 0 Å². The van der Waals surface area contributed by atoms with Crippen molar-refractivity contribution in [1.82, 2.24) is 0 Å². The molecule has 0 radical (unpaired) electrons. The maximum absolute atomic E-state index is 9.54. The predicted molar refractivity (Wildman–Crippen MR) is 46.2 cm³/mol. The first kappa shape index (κ1) is 9.01. The molecule has 2 atom stereocenters. The zero-order valence-electron chi connectivity index (χ0n) is 7.88. The fourth-order valence-electron chi connectivity index (χ4n) is 1.93. The molecule has 0 amide bonds. The largest absolute Gasteiger partial charge is 0.393 e. The van der Waals surface area contributed by atoms with Crippen molar-refractivity contribution >= 4 is 0 Å². The minimum Gasteiger partial charge on any atom is -0.393 e. The highest BCUT2D eigenvalue weighted by Gasteiger charge is 2.29. The van der Waals surface area contributed by atoms with Crippen LogP contribution in [0.25, 0.3) is 0 Å². The van der Waals surface area contributed by atoms with E-state index in [-0.39, 0.29) is 6.10 Å². The van der Waals surface area contributed by atoms with Gasteiger partial charge in [0.2, 0.25) is 0 Å². The Morgan fingerprint density at radius 1 is 1.27 bits per heavy atom. The first-order valence-electron chi connectivity index (χ1n) is 4.47. The van der Waals surface area contributed by atoms with Gasteiger partial charge in [0.15, 0.2) is 0 Å². The number of nitrogens with zero attached hydrogens (tertiary/aromatic N) is 1. The van der Waals surface area contributed by atoms with E-state index in [1.54, 1.807) is 0 Å². The lowest BCUT2D eigenvalue weighted by Gasteiger charge is -2.28. The molecule has 0 heterocycles. The van der Waals surface area contributed by atoms with Crippen molar-refractivity contribution in [2.75, 3.05) is 27.7 Å². The molecule has 0 aliphatic heterocycles.